The molecule has 3 N–H and O–H groups in total. The van der Waals surface area contributed by atoms with Crippen molar-refractivity contribution in [2.75, 3.05) is 18.4 Å². The molecule has 11 heteroatoms. The van der Waals surface area contributed by atoms with Gasteiger partial charge in [0.25, 0.3) is 15.9 Å². The lowest BCUT2D eigenvalue weighted by Gasteiger charge is -2.10. The van der Waals surface area contributed by atoms with Crippen molar-refractivity contribution in [2.45, 2.75) is 29.6 Å². The van der Waals surface area contributed by atoms with Crippen molar-refractivity contribution < 1.29 is 21.6 Å². The molecular formula is C19H22N4O5S2. The van der Waals surface area contributed by atoms with Crippen molar-refractivity contribution >= 4 is 37.5 Å². The van der Waals surface area contributed by atoms with Gasteiger partial charge in [-0.05, 0) is 48.9 Å². The fraction of sp³-hybridized carbons (Fsp3) is 0.263. The molecule has 0 radical (unpaired) electrons. The van der Waals surface area contributed by atoms with E-state index in [0.717, 1.165) is 6.42 Å². The predicted molar refractivity (Wildman–Crippen MR) is 114 cm³/mol. The Kier molecular flexibility index (Phi) is 6.54. The molecule has 1 amide bonds. The number of benzene rings is 2. The van der Waals surface area contributed by atoms with Crippen molar-refractivity contribution in [1.29, 1.82) is 0 Å². The number of amides is 1. The van der Waals surface area contributed by atoms with E-state index in [2.05, 4.69) is 19.8 Å². The number of amidine groups is 1. The molecule has 0 atom stereocenters. The van der Waals surface area contributed by atoms with E-state index in [-0.39, 0.29) is 21.9 Å². The van der Waals surface area contributed by atoms with Crippen LogP contribution < -0.4 is 14.8 Å². The molecule has 2 aromatic carbocycles. The van der Waals surface area contributed by atoms with Crippen LogP contribution >= 0.6 is 0 Å². The highest BCUT2D eigenvalue weighted by molar-refractivity contribution is 7.90. The van der Waals surface area contributed by atoms with Gasteiger partial charge in [0.05, 0.1) is 9.79 Å². The van der Waals surface area contributed by atoms with Crippen LogP contribution in [0.25, 0.3) is 0 Å². The lowest BCUT2D eigenvalue weighted by Crippen LogP contribution is -2.29. The van der Waals surface area contributed by atoms with E-state index in [0.29, 0.717) is 24.5 Å². The van der Waals surface area contributed by atoms with E-state index < -0.39 is 26.0 Å². The number of rotatable bonds is 7. The summed E-state index contributed by atoms with van der Waals surface area (Å²) in [5, 5.41) is 2.62. The number of hydrogen-bond donors (Lipinski definition) is 3. The van der Waals surface area contributed by atoms with Gasteiger partial charge in [0.15, 0.2) is 0 Å². The molecule has 9 nitrogen and oxygen atoms in total. The molecule has 0 aromatic heterocycles. The maximum absolute atomic E-state index is 12.5. The molecule has 0 spiro atoms. The fourth-order valence-corrected chi connectivity index (χ4v) is 5.02. The first kappa shape index (κ1) is 21.9. The van der Waals surface area contributed by atoms with Gasteiger partial charge in [0, 0.05) is 30.8 Å². The molecule has 160 valence electrons. The summed E-state index contributed by atoms with van der Waals surface area (Å²) in [6.07, 6.45) is 1.39. The van der Waals surface area contributed by atoms with Gasteiger partial charge < -0.3 is 5.32 Å². The second kappa shape index (κ2) is 8.94. The summed E-state index contributed by atoms with van der Waals surface area (Å²) in [5.41, 5.74) is 0.526. The van der Waals surface area contributed by atoms with Gasteiger partial charge in [0.2, 0.25) is 10.0 Å². The Morgan fingerprint density at radius 1 is 1.00 bits per heavy atom. The molecule has 30 heavy (non-hydrogen) atoms. The second-order valence-corrected chi connectivity index (χ2v) is 9.99. The van der Waals surface area contributed by atoms with E-state index in [1.807, 2.05) is 0 Å². The Bertz CT molecular complexity index is 1170. The Morgan fingerprint density at radius 3 is 2.37 bits per heavy atom. The zero-order valence-corrected chi connectivity index (χ0v) is 17.9. The Hall–Kier alpha value is -2.76. The molecule has 0 saturated carbocycles. The minimum atomic E-state index is -3.80. The van der Waals surface area contributed by atoms with Crippen molar-refractivity contribution in [3.8, 4) is 0 Å². The number of anilines is 1. The van der Waals surface area contributed by atoms with Crippen LogP contribution in [-0.4, -0.2) is 41.7 Å². The zero-order valence-electron chi connectivity index (χ0n) is 16.3. The monoisotopic (exact) mass is 450 g/mol. The van der Waals surface area contributed by atoms with Crippen molar-refractivity contribution in [2.24, 2.45) is 4.99 Å². The summed E-state index contributed by atoms with van der Waals surface area (Å²) >= 11 is 0. The third kappa shape index (κ3) is 5.23. The first-order valence-electron chi connectivity index (χ1n) is 9.28. The summed E-state index contributed by atoms with van der Waals surface area (Å²) in [4.78, 5) is 16.6. The van der Waals surface area contributed by atoms with Crippen LogP contribution in [0.15, 0.2) is 63.3 Å². The summed E-state index contributed by atoms with van der Waals surface area (Å²) < 4.78 is 53.8. The average molecular weight is 451 g/mol. The molecule has 2 aromatic rings. The molecule has 0 saturated heterocycles. The Labute approximate surface area is 175 Å². The number of carbonyl (C=O) groups is 1. The lowest BCUT2D eigenvalue weighted by molar-refractivity contribution is 0.102. The van der Waals surface area contributed by atoms with E-state index in [1.165, 1.54) is 42.5 Å². The fourth-order valence-electron chi connectivity index (χ4n) is 2.84. The number of sulfonamides is 2. The molecular weight excluding hydrogens is 428 g/mol. The number of hydrogen-bond acceptors (Lipinski definition) is 6. The van der Waals surface area contributed by atoms with E-state index >= 15 is 0 Å². The highest BCUT2D eigenvalue weighted by Gasteiger charge is 2.19. The van der Waals surface area contributed by atoms with E-state index in [1.54, 1.807) is 13.0 Å². The zero-order chi connectivity index (χ0) is 21.8. The van der Waals surface area contributed by atoms with Gasteiger partial charge in [-0.25, -0.2) is 21.6 Å². The minimum Gasteiger partial charge on any atom is -0.322 e. The molecule has 0 fully saturated rings. The molecule has 0 unspecified atom stereocenters. The lowest BCUT2D eigenvalue weighted by atomic mass is 10.2. The van der Waals surface area contributed by atoms with Gasteiger partial charge >= 0.3 is 0 Å². The third-order valence-corrected chi connectivity index (χ3v) is 7.23. The molecule has 1 heterocycles. The smallest absolute Gasteiger partial charge is 0.262 e. The van der Waals surface area contributed by atoms with Crippen molar-refractivity contribution in [3.05, 3.63) is 54.1 Å². The van der Waals surface area contributed by atoms with Gasteiger partial charge in [-0.15, -0.1) is 0 Å². The van der Waals surface area contributed by atoms with Crippen LogP contribution in [0, 0.1) is 0 Å². The second-order valence-electron chi connectivity index (χ2n) is 6.55. The van der Waals surface area contributed by atoms with E-state index in [4.69, 9.17) is 0 Å². The van der Waals surface area contributed by atoms with Crippen molar-refractivity contribution in [3.63, 3.8) is 0 Å². The highest BCUT2D eigenvalue weighted by atomic mass is 32.2. The van der Waals surface area contributed by atoms with Crippen LogP contribution in [0.2, 0.25) is 0 Å². The third-order valence-electron chi connectivity index (χ3n) is 4.29. The van der Waals surface area contributed by atoms with Crippen LogP contribution in [0.4, 0.5) is 5.69 Å². The molecule has 0 bridgehead atoms. The number of nitrogens with zero attached hydrogens (tertiary/aromatic N) is 1. The maximum atomic E-state index is 12.5. The van der Waals surface area contributed by atoms with Crippen LogP contribution in [-0.2, 0) is 20.0 Å². The first-order chi connectivity index (χ1) is 14.2. The first-order valence-corrected chi connectivity index (χ1v) is 12.3. The van der Waals surface area contributed by atoms with E-state index in [9.17, 15) is 21.6 Å². The SMILES string of the molecule is CCNS(=O)(=O)c1ccc(C(=O)Nc2cccc(S(=O)(=O)NC3=NCCC3)c2)cc1. The minimum absolute atomic E-state index is 0.00183. The number of aliphatic imine (C=N–C) groups is 1. The van der Waals surface area contributed by atoms with Gasteiger partial charge in [-0.1, -0.05) is 13.0 Å². The van der Waals surface area contributed by atoms with Crippen LogP contribution in [0.3, 0.4) is 0 Å². The van der Waals surface area contributed by atoms with Crippen LogP contribution in [0.1, 0.15) is 30.1 Å². The topological polar surface area (TPSA) is 134 Å². The summed E-state index contributed by atoms with van der Waals surface area (Å²) in [5.74, 6) is -0.0675. The standard InChI is InChI=1S/C19H22N4O5S2/c1-2-21-29(25,26)16-10-8-14(9-11-16)19(24)22-15-5-3-6-17(13-15)30(27,28)23-18-7-4-12-20-18/h3,5-6,8-11,13,21H,2,4,7,12H2,1H3,(H,20,23)(H,22,24). The Balaban J connectivity index is 1.73. The molecule has 1 aliphatic rings. The summed E-state index contributed by atoms with van der Waals surface area (Å²) in [7, 11) is -7.41. The Morgan fingerprint density at radius 2 is 1.73 bits per heavy atom. The van der Waals surface area contributed by atoms with Gasteiger partial charge in [-0.2, -0.15) is 0 Å². The molecule has 3 rings (SSSR count). The number of carbonyl (C=O) groups excluding carboxylic acids is 1. The molecule has 1 aliphatic heterocycles. The van der Waals surface area contributed by atoms with Crippen LogP contribution in [0.5, 0.6) is 0 Å². The number of nitrogens with one attached hydrogen (secondary N) is 3. The average Bonchev–Trinajstić information content (AvgIpc) is 3.20. The predicted octanol–water partition coefficient (Wildman–Crippen LogP) is 1.71. The normalized spacial score (nSPS) is 14.2. The van der Waals surface area contributed by atoms with Crippen molar-refractivity contribution in [1.82, 2.24) is 9.44 Å². The summed E-state index contributed by atoms with van der Waals surface area (Å²) in [6, 6.07) is 11.3. The quantitative estimate of drug-likeness (QED) is 0.590. The highest BCUT2D eigenvalue weighted by Crippen LogP contribution is 2.18. The molecule has 0 aliphatic carbocycles. The van der Waals surface area contributed by atoms with Gasteiger partial charge in [-0.3, -0.25) is 14.5 Å². The largest absolute Gasteiger partial charge is 0.322 e. The maximum Gasteiger partial charge on any atom is 0.262 e. The summed E-state index contributed by atoms with van der Waals surface area (Å²) in [6.45, 7) is 2.53. The van der Waals surface area contributed by atoms with Gasteiger partial charge in [0.1, 0.15) is 5.84 Å².